The Morgan fingerprint density at radius 2 is 1.88 bits per heavy atom. The molecule has 1 N–H and O–H groups in total. The van der Waals surface area contributed by atoms with Gasteiger partial charge >= 0.3 is 0 Å². The Labute approximate surface area is 144 Å². The van der Waals surface area contributed by atoms with Crippen molar-refractivity contribution in [1.82, 2.24) is 24.8 Å². The number of oxazole rings is 1. The van der Waals surface area contributed by atoms with Gasteiger partial charge in [-0.15, -0.1) is 15.3 Å². The smallest absolute Gasteiger partial charge is 0.226 e. The summed E-state index contributed by atoms with van der Waals surface area (Å²) < 4.78 is 7.30. The normalized spacial score (nSPS) is 11.1. The van der Waals surface area contributed by atoms with Crippen LogP contribution in [0, 0.1) is 13.8 Å². The van der Waals surface area contributed by atoms with Gasteiger partial charge in [-0.2, -0.15) is 4.52 Å². The third-order valence-electron chi connectivity index (χ3n) is 3.96. The van der Waals surface area contributed by atoms with Crippen LogP contribution in [0.15, 0.2) is 47.1 Å². The Balaban J connectivity index is 1.39. The van der Waals surface area contributed by atoms with E-state index in [1.807, 2.05) is 31.2 Å². The highest BCUT2D eigenvalue weighted by Gasteiger charge is 2.07. The van der Waals surface area contributed by atoms with Crippen molar-refractivity contribution in [1.29, 1.82) is 0 Å². The zero-order chi connectivity index (χ0) is 17.2. The molecular formula is C18H18N6O. The van der Waals surface area contributed by atoms with Gasteiger partial charge in [-0.05, 0) is 38.1 Å². The summed E-state index contributed by atoms with van der Waals surface area (Å²) in [6.45, 7) is 4.64. The van der Waals surface area contributed by atoms with E-state index in [4.69, 9.17) is 4.42 Å². The van der Waals surface area contributed by atoms with E-state index in [1.165, 1.54) is 5.56 Å². The van der Waals surface area contributed by atoms with E-state index < -0.39 is 0 Å². The molecule has 7 nitrogen and oxygen atoms in total. The van der Waals surface area contributed by atoms with Crippen molar-refractivity contribution in [2.24, 2.45) is 0 Å². The van der Waals surface area contributed by atoms with Gasteiger partial charge in [0, 0.05) is 18.5 Å². The van der Waals surface area contributed by atoms with E-state index in [-0.39, 0.29) is 0 Å². The average Bonchev–Trinajstić information content (AvgIpc) is 3.23. The fraction of sp³-hybridized carbons (Fsp3) is 0.222. The van der Waals surface area contributed by atoms with Gasteiger partial charge in [0.25, 0.3) is 0 Å². The monoisotopic (exact) mass is 334 g/mol. The Kier molecular flexibility index (Phi) is 3.89. The molecule has 0 aliphatic carbocycles. The fourth-order valence-corrected chi connectivity index (χ4v) is 2.56. The first-order chi connectivity index (χ1) is 12.2. The molecular weight excluding hydrogens is 316 g/mol. The van der Waals surface area contributed by atoms with Crippen LogP contribution in [-0.2, 0) is 6.42 Å². The quantitative estimate of drug-likeness (QED) is 0.604. The summed E-state index contributed by atoms with van der Waals surface area (Å²) in [5.74, 6) is 2.19. The lowest BCUT2D eigenvalue weighted by Crippen LogP contribution is -2.08. The van der Waals surface area contributed by atoms with Gasteiger partial charge in [0.2, 0.25) is 5.89 Å². The second-order valence-electron chi connectivity index (χ2n) is 5.92. The number of anilines is 1. The highest BCUT2D eigenvalue weighted by molar-refractivity contribution is 5.53. The standard InChI is InChI=1S/C18H18N6O/c1-12-3-5-14(6-4-12)18-20-15(11-25-18)9-10-19-16-7-8-17-22-21-13(2)24(17)23-16/h3-8,11H,9-10H2,1-2H3,(H,19,23). The molecule has 0 radical (unpaired) electrons. The zero-order valence-corrected chi connectivity index (χ0v) is 14.1. The number of fused-ring (bicyclic) bond motifs is 1. The van der Waals surface area contributed by atoms with Gasteiger partial charge in [0.1, 0.15) is 12.1 Å². The van der Waals surface area contributed by atoms with E-state index >= 15 is 0 Å². The first-order valence-electron chi connectivity index (χ1n) is 8.13. The van der Waals surface area contributed by atoms with E-state index in [0.717, 1.165) is 35.0 Å². The van der Waals surface area contributed by atoms with Crippen molar-refractivity contribution < 1.29 is 4.42 Å². The highest BCUT2D eigenvalue weighted by atomic mass is 16.3. The van der Waals surface area contributed by atoms with Crippen LogP contribution in [0.4, 0.5) is 5.82 Å². The van der Waals surface area contributed by atoms with Crippen LogP contribution >= 0.6 is 0 Å². The predicted molar refractivity (Wildman–Crippen MR) is 94.4 cm³/mol. The molecule has 0 saturated heterocycles. The molecule has 4 rings (SSSR count). The molecule has 3 aromatic heterocycles. The minimum Gasteiger partial charge on any atom is -0.444 e. The van der Waals surface area contributed by atoms with Gasteiger partial charge in [0.05, 0.1) is 5.69 Å². The van der Waals surface area contributed by atoms with E-state index in [1.54, 1.807) is 10.8 Å². The second-order valence-corrected chi connectivity index (χ2v) is 5.92. The first kappa shape index (κ1) is 15.3. The summed E-state index contributed by atoms with van der Waals surface area (Å²) in [5.41, 5.74) is 3.85. The van der Waals surface area contributed by atoms with Crippen LogP contribution in [0.3, 0.4) is 0 Å². The average molecular weight is 334 g/mol. The van der Waals surface area contributed by atoms with Crippen molar-refractivity contribution in [3.8, 4) is 11.5 Å². The summed E-state index contributed by atoms with van der Waals surface area (Å²) in [7, 11) is 0. The van der Waals surface area contributed by atoms with Crippen LogP contribution in [-0.4, -0.2) is 31.3 Å². The van der Waals surface area contributed by atoms with Crippen molar-refractivity contribution in [2.45, 2.75) is 20.3 Å². The number of aromatic nitrogens is 5. The highest BCUT2D eigenvalue weighted by Crippen LogP contribution is 2.19. The first-order valence-corrected chi connectivity index (χ1v) is 8.13. The molecule has 1 aromatic carbocycles. The third kappa shape index (κ3) is 3.21. The molecule has 0 bridgehead atoms. The van der Waals surface area contributed by atoms with Crippen molar-refractivity contribution in [3.63, 3.8) is 0 Å². The van der Waals surface area contributed by atoms with Crippen LogP contribution in [0.5, 0.6) is 0 Å². The zero-order valence-electron chi connectivity index (χ0n) is 14.1. The lowest BCUT2D eigenvalue weighted by molar-refractivity contribution is 0.572. The summed E-state index contributed by atoms with van der Waals surface area (Å²) in [4.78, 5) is 4.54. The number of benzene rings is 1. The van der Waals surface area contributed by atoms with Gasteiger partial charge in [0.15, 0.2) is 11.5 Å². The molecule has 0 unspecified atom stereocenters. The molecule has 126 valence electrons. The Morgan fingerprint density at radius 1 is 1.04 bits per heavy atom. The van der Waals surface area contributed by atoms with Gasteiger partial charge in [-0.3, -0.25) is 0 Å². The Morgan fingerprint density at radius 3 is 2.72 bits per heavy atom. The van der Waals surface area contributed by atoms with Crippen molar-refractivity contribution in [2.75, 3.05) is 11.9 Å². The maximum absolute atomic E-state index is 5.58. The lowest BCUT2D eigenvalue weighted by atomic mass is 10.1. The van der Waals surface area contributed by atoms with E-state index in [0.29, 0.717) is 12.4 Å². The molecule has 3 heterocycles. The van der Waals surface area contributed by atoms with Crippen LogP contribution in [0.2, 0.25) is 0 Å². The molecule has 0 spiro atoms. The molecule has 0 amide bonds. The van der Waals surface area contributed by atoms with Crippen molar-refractivity contribution >= 4 is 11.5 Å². The number of hydrogen-bond acceptors (Lipinski definition) is 6. The van der Waals surface area contributed by atoms with Gasteiger partial charge in [-0.1, -0.05) is 17.7 Å². The maximum Gasteiger partial charge on any atom is 0.226 e. The minimum absolute atomic E-state index is 0.648. The Hall–Kier alpha value is -3.22. The Bertz CT molecular complexity index is 1000. The van der Waals surface area contributed by atoms with Crippen molar-refractivity contribution in [3.05, 3.63) is 59.7 Å². The SMILES string of the molecule is Cc1ccc(-c2nc(CCNc3ccc4nnc(C)n4n3)co2)cc1. The molecule has 0 aliphatic heterocycles. The third-order valence-corrected chi connectivity index (χ3v) is 3.96. The topological polar surface area (TPSA) is 81.1 Å². The second kappa shape index (κ2) is 6.35. The van der Waals surface area contributed by atoms with E-state index in [9.17, 15) is 0 Å². The lowest BCUT2D eigenvalue weighted by Gasteiger charge is -2.04. The molecule has 0 atom stereocenters. The van der Waals surface area contributed by atoms with Crippen LogP contribution < -0.4 is 5.32 Å². The number of rotatable bonds is 5. The summed E-state index contributed by atoms with van der Waals surface area (Å²) in [5, 5.41) is 15.8. The molecule has 7 heteroatoms. The van der Waals surface area contributed by atoms with Crippen LogP contribution in [0.1, 0.15) is 17.1 Å². The number of nitrogens with one attached hydrogen (secondary N) is 1. The predicted octanol–water partition coefficient (Wildman–Crippen LogP) is 3.05. The van der Waals surface area contributed by atoms with Crippen LogP contribution in [0.25, 0.3) is 17.1 Å². The fourth-order valence-electron chi connectivity index (χ4n) is 2.56. The minimum atomic E-state index is 0.648. The van der Waals surface area contributed by atoms with E-state index in [2.05, 4.69) is 44.7 Å². The van der Waals surface area contributed by atoms with Gasteiger partial charge < -0.3 is 9.73 Å². The molecule has 0 aliphatic rings. The largest absolute Gasteiger partial charge is 0.444 e. The number of hydrogen-bond donors (Lipinski definition) is 1. The summed E-state index contributed by atoms with van der Waals surface area (Å²) >= 11 is 0. The summed E-state index contributed by atoms with van der Waals surface area (Å²) in [6.07, 6.45) is 2.45. The summed E-state index contributed by atoms with van der Waals surface area (Å²) in [6, 6.07) is 11.9. The molecule has 0 saturated carbocycles. The molecule has 25 heavy (non-hydrogen) atoms. The molecule has 4 aromatic rings. The van der Waals surface area contributed by atoms with Gasteiger partial charge in [-0.25, -0.2) is 4.98 Å². The maximum atomic E-state index is 5.58. The number of aryl methyl sites for hydroxylation is 2. The molecule has 0 fully saturated rings. The number of nitrogens with zero attached hydrogens (tertiary/aromatic N) is 5.